The molecule has 0 amide bonds. The minimum absolute atomic E-state index is 0.111. The van der Waals surface area contributed by atoms with E-state index in [2.05, 4.69) is 117 Å². The van der Waals surface area contributed by atoms with Gasteiger partial charge < -0.3 is 4.90 Å². The summed E-state index contributed by atoms with van der Waals surface area (Å²) in [6, 6.07) is 36.6. The Labute approximate surface area is 191 Å². The lowest BCUT2D eigenvalue weighted by atomic mass is 9.87. The van der Waals surface area contributed by atoms with E-state index in [1.54, 1.807) is 0 Å². The molecule has 0 bridgehead atoms. The minimum atomic E-state index is 0.111. The highest BCUT2D eigenvalue weighted by atomic mass is 15.1. The minimum Gasteiger partial charge on any atom is -0.310 e. The first-order valence-electron chi connectivity index (χ1n) is 11.1. The molecule has 0 saturated carbocycles. The van der Waals surface area contributed by atoms with Crippen LogP contribution in [0.5, 0.6) is 0 Å². The van der Waals surface area contributed by atoms with Crippen molar-refractivity contribution in [2.24, 2.45) is 0 Å². The maximum Gasteiger partial charge on any atom is 0.113 e. The van der Waals surface area contributed by atoms with Gasteiger partial charge in [0.1, 0.15) is 7.85 Å². The summed E-state index contributed by atoms with van der Waals surface area (Å²) in [5.74, 6) is 0. The Morgan fingerprint density at radius 3 is 1.75 bits per heavy atom. The quantitative estimate of drug-likeness (QED) is 0.219. The average Bonchev–Trinajstić information content (AvgIpc) is 2.80. The molecule has 5 aromatic rings. The Morgan fingerprint density at radius 1 is 0.594 bits per heavy atom. The van der Waals surface area contributed by atoms with Crippen LogP contribution in [0.1, 0.15) is 26.3 Å². The lowest BCUT2D eigenvalue weighted by Crippen LogP contribution is -2.14. The second-order valence-corrected chi connectivity index (χ2v) is 9.39. The lowest BCUT2D eigenvalue weighted by molar-refractivity contribution is 0.590. The van der Waals surface area contributed by atoms with E-state index in [9.17, 15) is 0 Å². The summed E-state index contributed by atoms with van der Waals surface area (Å²) in [4.78, 5) is 2.33. The van der Waals surface area contributed by atoms with Crippen LogP contribution in [0.3, 0.4) is 0 Å². The molecule has 0 aliphatic carbocycles. The molecule has 32 heavy (non-hydrogen) atoms. The van der Waals surface area contributed by atoms with Crippen molar-refractivity contribution in [3.8, 4) is 0 Å². The number of rotatable bonds is 3. The van der Waals surface area contributed by atoms with E-state index in [1.165, 1.54) is 27.1 Å². The van der Waals surface area contributed by atoms with Gasteiger partial charge in [0.2, 0.25) is 0 Å². The lowest BCUT2D eigenvalue weighted by Gasteiger charge is -2.28. The van der Waals surface area contributed by atoms with E-state index < -0.39 is 0 Å². The molecule has 0 aliphatic rings. The number of anilines is 3. The van der Waals surface area contributed by atoms with Crippen molar-refractivity contribution < 1.29 is 0 Å². The summed E-state index contributed by atoms with van der Waals surface area (Å²) in [5, 5.41) is 4.98. The number of hydrogen-bond acceptors (Lipinski definition) is 1. The topological polar surface area (TPSA) is 3.24 Å². The van der Waals surface area contributed by atoms with Gasteiger partial charge in [0.15, 0.2) is 0 Å². The van der Waals surface area contributed by atoms with Crippen LogP contribution in [0, 0.1) is 0 Å². The van der Waals surface area contributed by atoms with E-state index in [1.807, 2.05) is 12.1 Å². The molecular weight excluding hydrogens is 385 g/mol. The molecule has 5 aromatic carbocycles. The van der Waals surface area contributed by atoms with E-state index >= 15 is 0 Å². The Hall–Kier alpha value is -3.52. The summed E-state index contributed by atoms with van der Waals surface area (Å²) in [6.45, 7) is 6.74. The van der Waals surface area contributed by atoms with Crippen molar-refractivity contribution in [2.45, 2.75) is 26.2 Å². The molecule has 154 valence electrons. The van der Waals surface area contributed by atoms with Crippen molar-refractivity contribution in [1.29, 1.82) is 0 Å². The van der Waals surface area contributed by atoms with Gasteiger partial charge in [-0.15, -0.1) is 0 Å². The molecule has 0 fully saturated rings. The largest absolute Gasteiger partial charge is 0.310 e. The highest BCUT2D eigenvalue weighted by Gasteiger charge is 2.19. The maximum absolute atomic E-state index is 6.02. The summed E-state index contributed by atoms with van der Waals surface area (Å²) in [5.41, 5.74) is 5.57. The molecule has 0 unspecified atom stereocenters. The molecule has 2 radical (unpaired) electrons. The Morgan fingerprint density at radius 2 is 1.12 bits per heavy atom. The predicted octanol–water partition coefficient (Wildman–Crippen LogP) is 7.55. The number of nitrogens with zero attached hydrogens (tertiary/aromatic N) is 1. The Balaban J connectivity index is 1.79. The summed E-state index contributed by atoms with van der Waals surface area (Å²) in [7, 11) is 6.02. The van der Waals surface area contributed by atoms with Crippen LogP contribution in [0.15, 0.2) is 103 Å². The summed E-state index contributed by atoms with van der Waals surface area (Å²) < 4.78 is 0. The molecule has 0 atom stereocenters. The van der Waals surface area contributed by atoms with E-state index in [-0.39, 0.29) is 5.41 Å². The predicted molar refractivity (Wildman–Crippen MR) is 140 cm³/mol. The van der Waals surface area contributed by atoms with Crippen LogP contribution in [0.4, 0.5) is 17.1 Å². The van der Waals surface area contributed by atoms with Gasteiger partial charge in [-0.3, -0.25) is 0 Å². The Kier molecular flexibility index (Phi) is 5.02. The molecule has 1 nitrogen and oxygen atoms in total. The molecule has 5 rings (SSSR count). The van der Waals surface area contributed by atoms with Crippen LogP contribution >= 0.6 is 0 Å². The van der Waals surface area contributed by atoms with Crippen molar-refractivity contribution in [3.05, 3.63) is 109 Å². The molecule has 0 heterocycles. The number of benzene rings is 5. The van der Waals surface area contributed by atoms with Crippen LogP contribution in [0.25, 0.3) is 21.5 Å². The third-order valence-corrected chi connectivity index (χ3v) is 6.13. The zero-order chi connectivity index (χ0) is 22.3. The summed E-state index contributed by atoms with van der Waals surface area (Å²) >= 11 is 0. The second-order valence-electron chi connectivity index (χ2n) is 9.39. The highest BCUT2D eigenvalue weighted by molar-refractivity contribution is 6.32. The van der Waals surface area contributed by atoms with Crippen LogP contribution in [-0.4, -0.2) is 7.85 Å². The zero-order valence-corrected chi connectivity index (χ0v) is 18.8. The van der Waals surface area contributed by atoms with E-state index in [0.717, 1.165) is 22.5 Å². The first-order valence-corrected chi connectivity index (χ1v) is 11.1. The monoisotopic (exact) mass is 411 g/mol. The normalized spacial score (nSPS) is 11.7. The SMILES string of the molecule is [B]c1ccc(N(c2ccc(C(C)(C)C)cc2)c2cc3ccccc3c3ccccc23)cc1. The van der Waals surface area contributed by atoms with Crippen molar-refractivity contribution >= 4 is 51.9 Å². The molecular formula is C30H26BN. The molecule has 0 aliphatic heterocycles. The third kappa shape index (κ3) is 3.67. The van der Waals surface area contributed by atoms with E-state index in [0.29, 0.717) is 0 Å². The van der Waals surface area contributed by atoms with Crippen LogP contribution < -0.4 is 10.4 Å². The molecule has 0 saturated heterocycles. The van der Waals surface area contributed by atoms with Gasteiger partial charge in [-0.1, -0.05) is 99.0 Å². The third-order valence-electron chi connectivity index (χ3n) is 6.13. The van der Waals surface area contributed by atoms with Crippen molar-refractivity contribution in [2.75, 3.05) is 4.90 Å². The van der Waals surface area contributed by atoms with Gasteiger partial charge in [-0.05, 0) is 57.5 Å². The van der Waals surface area contributed by atoms with Gasteiger partial charge in [0.25, 0.3) is 0 Å². The highest BCUT2D eigenvalue weighted by Crippen LogP contribution is 2.42. The summed E-state index contributed by atoms with van der Waals surface area (Å²) in [6.07, 6.45) is 0. The molecule has 0 aromatic heterocycles. The molecule has 0 N–H and O–H groups in total. The van der Waals surface area contributed by atoms with Crippen LogP contribution in [0.2, 0.25) is 0 Å². The fourth-order valence-electron chi connectivity index (χ4n) is 4.38. The van der Waals surface area contributed by atoms with Gasteiger partial charge in [-0.25, -0.2) is 0 Å². The van der Waals surface area contributed by atoms with Crippen LogP contribution in [-0.2, 0) is 5.41 Å². The van der Waals surface area contributed by atoms with Gasteiger partial charge in [0.05, 0.1) is 5.69 Å². The van der Waals surface area contributed by atoms with Gasteiger partial charge >= 0.3 is 0 Å². The first kappa shape index (κ1) is 20.4. The van der Waals surface area contributed by atoms with Crippen molar-refractivity contribution in [3.63, 3.8) is 0 Å². The zero-order valence-electron chi connectivity index (χ0n) is 18.8. The molecule has 0 spiro atoms. The maximum atomic E-state index is 6.02. The van der Waals surface area contributed by atoms with Gasteiger partial charge in [0, 0.05) is 16.8 Å². The molecule has 2 heteroatoms. The number of fused-ring (bicyclic) bond motifs is 3. The fraction of sp³-hybridized carbons (Fsp3) is 0.133. The van der Waals surface area contributed by atoms with E-state index in [4.69, 9.17) is 7.85 Å². The first-order chi connectivity index (χ1) is 15.4. The van der Waals surface area contributed by atoms with Gasteiger partial charge in [-0.2, -0.15) is 0 Å². The fourth-order valence-corrected chi connectivity index (χ4v) is 4.38. The average molecular weight is 411 g/mol. The van der Waals surface area contributed by atoms with Crippen molar-refractivity contribution in [1.82, 2.24) is 0 Å². The second kappa shape index (κ2) is 7.87. The smallest absolute Gasteiger partial charge is 0.113 e. The standard InChI is InChI=1S/C30H26BN/c1-30(2,3)22-12-16-24(17-13-22)32(25-18-14-23(31)15-19-25)29-20-21-8-4-5-9-26(21)27-10-6-7-11-28(27)29/h4-20H,1-3H3. The number of hydrogen-bond donors (Lipinski definition) is 0. The Bertz CT molecular complexity index is 1390.